The lowest BCUT2D eigenvalue weighted by molar-refractivity contribution is -0.152. The van der Waals surface area contributed by atoms with Gasteiger partial charge in [0.25, 0.3) is 5.91 Å². The number of tetrazole rings is 1. The van der Waals surface area contributed by atoms with E-state index in [4.69, 9.17) is 39.5 Å². The van der Waals surface area contributed by atoms with Crippen LogP contribution < -0.4 is 5.32 Å². The van der Waals surface area contributed by atoms with Gasteiger partial charge in [0.2, 0.25) is 9.70 Å². The van der Waals surface area contributed by atoms with E-state index < -0.39 is 39.6 Å². The molecule has 0 saturated carbocycles. The minimum absolute atomic E-state index is 0.0662. The summed E-state index contributed by atoms with van der Waals surface area (Å²) >= 11 is 18.2. The molecular weight excluding hydrogens is 443 g/mol. The Hall–Kier alpha value is -1.56. The van der Waals surface area contributed by atoms with E-state index in [-0.39, 0.29) is 17.5 Å². The summed E-state index contributed by atoms with van der Waals surface area (Å²) in [6, 6.07) is -0.772. The molecule has 10 nitrogen and oxygen atoms in total. The van der Waals surface area contributed by atoms with Crippen molar-refractivity contribution in [3.63, 3.8) is 0 Å². The Morgan fingerprint density at radius 2 is 2.15 bits per heavy atom. The first-order chi connectivity index (χ1) is 12.7. The molecule has 27 heavy (non-hydrogen) atoms. The molecule has 0 bridgehead atoms. The van der Waals surface area contributed by atoms with Gasteiger partial charge in [-0.05, 0) is 23.4 Å². The fraction of sp³-hybridized carbons (Fsp3) is 0.538. The van der Waals surface area contributed by atoms with Gasteiger partial charge < -0.3 is 10.1 Å². The van der Waals surface area contributed by atoms with Crippen molar-refractivity contribution >= 4 is 64.3 Å². The van der Waals surface area contributed by atoms with Crippen LogP contribution in [0.3, 0.4) is 0 Å². The molecule has 2 aliphatic rings. The number of alkyl halides is 3. The van der Waals surface area contributed by atoms with Gasteiger partial charge in [-0.1, -0.05) is 34.8 Å². The summed E-state index contributed by atoms with van der Waals surface area (Å²) in [5, 5.41) is 12.5. The molecule has 146 valence electrons. The first-order valence-corrected chi connectivity index (χ1v) is 9.68. The summed E-state index contributed by atoms with van der Waals surface area (Å²) in [5.74, 6) is -1.63. The number of ether oxygens (including phenoxy) is 1. The lowest BCUT2D eigenvalue weighted by atomic mass is 10.0. The third-order valence-corrected chi connectivity index (χ3v) is 5.29. The molecule has 1 saturated heterocycles. The van der Waals surface area contributed by atoms with Gasteiger partial charge in [-0.15, -0.1) is 16.9 Å². The summed E-state index contributed by atoms with van der Waals surface area (Å²) in [6.07, 6.45) is 2.88. The summed E-state index contributed by atoms with van der Waals surface area (Å²) in [5.41, 5.74) is 0.0662. The summed E-state index contributed by atoms with van der Waals surface area (Å²) in [4.78, 5) is 38.1. The summed E-state index contributed by atoms with van der Waals surface area (Å²) in [6.45, 7) is 1.28. The van der Waals surface area contributed by atoms with Gasteiger partial charge >= 0.3 is 5.97 Å². The first-order valence-electron chi connectivity index (χ1n) is 7.60. The molecule has 14 heteroatoms. The number of carbonyl (C=O) groups is 3. The Bertz CT molecular complexity index is 784. The highest BCUT2D eigenvalue weighted by Crippen LogP contribution is 2.41. The van der Waals surface area contributed by atoms with Crippen molar-refractivity contribution in [2.45, 2.75) is 33.9 Å². The molecule has 2 aliphatic heterocycles. The third kappa shape index (κ3) is 4.65. The Morgan fingerprint density at radius 3 is 2.78 bits per heavy atom. The first kappa shape index (κ1) is 20.2. The zero-order valence-electron chi connectivity index (χ0n) is 13.7. The number of nitrogens with one attached hydrogen (secondary N) is 1. The molecule has 3 heterocycles. The van der Waals surface area contributed by atoms with Crippen molar-refractivity contribution in [3.05, 3.63) is 18.1 Å². The van der Waals surface area contributed by atoms with Crippen molar-refractivity contribution in [2.24, 2.45) is 0 Å². The normalized spacial score (nSPS) is 24.6. The summed E-state index contributed by atoms with van der Waals surface area (Å²) < 4.78 is 4.44. The van der Waals surface area contributed by atoms with Crippen molar-refractivity contribution in [1.29, 1.82) is 0 Å². The number of esters is 1. The maximum Gasteiger partial charge on any atom is 0.354 e. The molecule has 2 unspecified atom stereocenters. The van der Waals surface area contributed by atoms with Crippen molar-refractivity contribution < 1.29 is 19.1 Å². The van der Waals surface area contributed by atoms with Gasteiger partial charge in [-0.25, -0.2) is 9.48 Å². The summed E-state index contributed by atoms with van der Waals surface area (Å²) in [7, 11) is 0. The second-order valence-corrected chi connectivity index (χ2v) is 9.75. The molecule has 1 aromatic rings. The fourth-order valence-electron chi connectivity index (χ4n) is 2.56. The van der Waals surface area contributed by atoms with Gasteiger partial charge in [0, 0.05) is 5.25 Å². The molecule has 0 spiro atoms. The molecule has 1 fully saturated rings. The number of β-lactam (4-membered cyclic amide) rings is 1. The Labute approximate surface area is 172 Å². The number of thioether (sulfide) groups is 1. The zero-order valence-corrected chi connectivity index (χ0v) is 16.8. The number of carbonyl (C=O) groups excluding carboxylic acids is 3. The van der Waals surface area contributed by atoms with Crippen LogP contribution in [0.4, 0.5) is 0 Å². The van der Waals surface area contributed by atoms with Crippen molar-refractivity contribution in [1.82, 2.24) is 30.4 Å². The number of amides is 2. The molecular formula is C13H13Cl3N6O4S. The number of aromatic nitrogens is 4. The highest BCUT2D eigenvalue weighted by atomic mass is 35.6. The van der Waals surface area contributed by atoms with Crippen LogP contribution in [0.25, 0.3) is 0 Å². The molecule has 0 radical (unpaired) electrons. The molecule has 0 aliphatic carbocycles. The van der Waals surface area contributed by atoms with Gasteiger partial charge in [-0.2, -0.15) is 0 Å². The van der Waals surface area contributed by atoms with Crippen LogP contribution >= 0.6 is 46.6 Å². The SMILES string of the molecule is CC1C=C(C(=O)OCC(Cl)(Cl)Cl)N2C(=O)C(NC(=O)Cn3cnnn3)[C@H]2S1. The third-order valence-electron chi connectivity index (χ3n) is 3.64. The van der Waals surface area contributed by atoms with E-state index in [0.717, 1.165) is 0 Å². The van der Waals surface area contributed by atoms with E-state index >= 15 is 0 Å². The number of fused-ring (bicyclic) bond motifs is 1. The van der Waals surface area contributed by atoms with E-state index in [1.54, 1.807) is 6.08 Å². The lowest BCUT2D eigenvalue weighted by Crippen LogP contribution is -2.70. The molecule has 1 N–H and O–H groups in total. The van der Waals surface area contributed by atoms with E-state index in [2.05, 4.69) is 20.8 Å². The number of halogens is 3. The maximum atomic E-state index is 12.5. The number of hydrogen-bond acceptors (Lipinski definition) is 8. The number of nitrogens with zero attached hydrogens (tertiary/aromatic N) is 5. The molecule has 0 aromatic carbocycles. The Kier molecular flexibility index (Phi) is 5.84. The van der Waals surface area contributed by atoms with E-state index in [1.165, 1.54) is 27.7 Å². The van der Waals surface area contributed by atoms with Crippen LogP contribution in [-0.4, -0.2) is 70.0 Å². The topological polar surface area (TPSA) is 119 Å². The molecule has 2 amide bonds. The lowest BCUT2D eigenvalue weighted by Gasteiger charge is -2.49. The molecule has 1 aromatic heterocycles. The van der Waals surface area contributed by atoms with Gasteiger partial charge in [-0.3, -0.25) is 14.5 Å². The second kappa shape index (κ2) is 7.82. The van der Waals surface area contributed by atoms with Crippen LogP contribution in [0.2, 0.25) is 0 Å². The number of rotatable bonds is 5. The number of hydrogen-bond donors (Lipinski definition) is 1. The van der Waals surface area contributed by atoms with E-state index in [0.29, 0.717) is 0 Å². The second-order valence-electron chi connectivity index (χ2n) is 5.74. The van der Waals surface area contributed by atoms with Crippen LogP contribution in [-0.2, 0) is 25.7 Å². The van der Waals surface area contributed by atoms with Crippen molar-refractivity contribution in [2.75, 3.05) is 6.61 Å². The van der Waals surface area contributed by atoms with Crippen LogP contribution in [0.5, 0.6) is 0 Å². The Morgan fingerprint density at radius 1 is 1.41 bits per heavy atom. The quantitative estimate of drug-likeness (QED) is 0.381. The molecule has 3 rings (SSSR count). The van der Waals surface area contributed by atoms with Gasteiger partial charge in [0.1, 0.15) is 36.6 Å². The monoisotopic (exact) mass is 454 g/mol. The molecule has 3 atom stereocenters. The standard InChI is InChI=1S/C13H13Cl3N6O4S/c1-6-2-7(12(25)26-4-13(14,15)16)22-10(24)9(11(22)27-6)18-8(23)3-21-5-17-19-20-21/h2,5-6,9,11H,3-4H2,1H3,(H,18,23)/t6?,9?,11-/m1/s1. The smallest absolute Gasteiger partial charge is 0.354 e. The van der Waals surface area contributed by atoms with Gasteiger partial charge in [0.05, 0.1) is 0 Å². The van der Waals surface area contributed by atoms with Crippen LogP contribution in [0, 0.1) is 0 Å². The maximum absolute atomic E-state index is 12.5. The zero-order chi connectivity index (χ0) is 19.8. The average molecular weight is 456 g/mol. The largest absolute Gasteiger partial charge is 0.456 e. The minimum atomic E-state index is -1.75. The highest BCUT2D eigenvalue weighted by Gasteiger charge is 2.54. The Balaban J connectivity index is 1.64. The van der Waals surface area contributed by atoms with Gasteiger partial charge in [0.15, 0.2) is 0 Å². The van der Waals surface area contributed by atoms with Crippen LogP contribution in [0.15, 0.2) is 18.1 Å². The fourth-order valence-corrected chi connectivity index (χ4v) is 4.05. The van der Waals surface area contributed by atoms with E-state index in [9.17, 15) is 14.4 Å². The van der Waals surface area contributed by atoms with E-state index in [1.807, 2.05) is 6.92 Å². The highest BCUT2D eigenvalue weighted by molar-refractivity contribution is 8.00. The predicted molar refractivity (Wildman–Crippen MR) is 96.8 cm³/mol. The minimum Gasteiger partial charge on any atom is -0.456 e. The van der Waals surface area contributed by atoms with Crippen LogP contribution in [0.1, 0.15) is 6.92 Å². The predicted octanol–water partition coefficient (Wildman–Crippen LogP) is 0.259. The van der Waals surface area contributed by atoms with Crippen molar-refractivity contribution in [3.8, 4) is 0 Å². The average Bonchev–Trinajstić information content (AvgIpc) is 3.09.